The molecule has 1 aliphatic heterocycles. The maximum Gasteiger partial charge on any atom is 0.293 e. The second-order valence-corrected chi connectivity index (χ2v) is 9.67. The van der Waals surface area contributed by atoms with Gasteiger partial charge in [0.15, 0.2) is 5.11 Å². The number of aromatic nitrogens is 3. The van der Waals surface area contributed by atoms with Crippen LogP contribution in [0.1, 0.15) is 35.2 Å². The number of nitrogens with one attached hydrogen (secondary N) is 2. The van der Waals surface area contributed by atoms with Gasteiger partial charge in [-0.25, -0.2) is 0 Å². The molecule has 0 atom stereocenters. The van der Waals surface area contributed by atoms with E-state index in [0.717, 1.165) is 49.4 Å². The lowest BCUT2D eigenvalue weighted by Crippen LogP contribution is -2.34. The van der Waals surface area contributed by atoms with Gasteiger partial charge >= 0.3 is 0 Å². The first kappa shape index (κ1) is 26.0. The Morgan fingerprint density at radius 2 is 1.72 bits per heavy atom. The molecule has 1 fully saturated rings. The summed E-state index contributed by atoms with van der Waals surface area (Å²) in [6.07, 6.45) is 3.09. The highest BCUT2D eigenvalue weighted by molar-refractivity contribution is 7.80. The molecule has 0 unspecified atom stereocenters. The monoisotopic (exact) mass is 545 g/mol. The van der Waals surface area contributed by atoms with Gasteiger partial charge in [-0.1, -0.05) is 0 Å². The topological polar surface area (TPSA) is 127 Å². The Hall–Kier alpha value is -4.58. The fraction of sp³-hybridized carbons (Fsp3) is 0.259. The Bertz CT molecular complexity index is 1560. The summed E-state index contributed by atoms with van der Waals surface area (Å²) in [6, 6.07) is 15.6. The summed E-state index contributed by atoms with van der Waals surface area (Å²) in [6.45, 7) is 3.41. The van der Waals surface area contributed by atoms with Crippen LogP contribution in [0.5, 0.6) is 5.75 Å². The van der Waals surface area contributed by atoms with Gasteiger partial charge in [-0.15, -0.1) is 10.2 Å². The number of methoxy groups -OCH3 is 1. The van der Waals surface area contributed by atoms with Crippen molar-refractivity contribution in [3.63, 3.8) is 0 Å². The number of nitro benzene ring substituents is 1. The zero-order chi connectivity index (χ0) is 27.5. The lowest BCUT2D eigenvalue weighted by Gasteiger charge is -2.28. The highest BCUT2D eigenvalue weighted by Crippen LogP contribution is 2.31. The predicted molar refractivity (Wildman–Crippen MR) is 153 cm³/mol. The number of anilines is 2. The van der Waals surface area contributed by atoms with E-state index in [1.54, 1.807) is 25.3 Å². The number of hydrogen-bond acceptors (Lipinski definition) is 8. The Morgan fingerprint density at radius 3 is 2.38 bits per heavy atom. The molecule has 0 bridgehead atoms. The molecule has 39 heavy (non-hydrogen) atoms. The van der Waals surface area contributed by atoms with Crippen LogP contribution in [-0.2, 0) is 0 Å². The molecule has 1 saturated heterocycles. The predicted octanol–water partition coefficient (Wildman–Crippen LogP) is 4.76. The van der Waals surface area contributed by atoms with Crippen LogP contribution < -0.4 is 20.3 Å². The zero-order valence-corrected chi connectivity index (χ0v) is 22.3. The molecule has 0 radical (unpaired) electrons. The molecule has 0 aliphatic carbocycles. The highest BCUT2D eigenvalue weighted by atomic mass is 32.1. The van der Waals surface area contributed by atoms with Crippen molar-refractivity contribution in [2.24, 2.45) is 0 Å². The van der Waals surface area contributed by atoms with Gasteiger partial charge in [0.25, 0.3) is 11.6 Å². The van der Waals surface area contributed by atoms with Crippen LogP contribution in [0.25, 0.3) is 16.7 Å². The maximum atomic E-state index is 12.9. The van der Waals surface area contributed by atoms with Crippen LogP contribution in [0.2, 0.25) is 0 Å². The second-order valence-electron chi connectivity index (χ2n) is 9.26. The van der Waals surface area contributed by atoms with E-state index < -0.39 is 10.8 Å². The normalized spacial score (nSPS) is 13.2. The fourth-order valence-electron chi connectivity index (χ4n) is 4.58. The summed E-state index contributed by atoms with van der Waals surface area (Å²) >= 11 is 5.37. The summed E-state index contributed by atoms with van der Waals surface area (Å²) in [4.78, 5) is 27.7. The van der Waals surface area contributed by atoms with Crippen LogP contribution in [0, 0.1) is 17.0 Å². The zero-order valence-electron chi connectivity index (χ0n) is 21.5. The van der Waals surface area contributed by atoms with Crippen molar-refractivity contribution in [1.29, 1.82) is 0 Å². The van der Waals surface area contributed by atoms with Gasteiger partial charge in [-0.3, -0.25) is 20.2 Å². The van der Waals surface area contributed by atoms with E-state index >= 15 is 0 Å². The van der Waals surface area contributed by atoms with Crippen molar-refractivity contribution in [3.8, 4) is 11.4 Å². The van der Waals surface area contributed by atoms with E-state index in [-0.39, 0.29) is 16.4 Å². The number of aryl methyl sites for hydroxylation is 1. The van der Waals surface area contributed by atoms with Gasteiger partial charge < -0.3 is 15.0 Å². The van der Waals surface area contributed by atoms with Crippen LogP contribution in [-0.4, -0.2) is 51.1 Å². The lowest BCUT2D eigenvalue weighted by molar-refractivity contribution is -0.384. The van der Waals surface area contributed by atoms with E-state index in [1.165, 1.54) is 10.9 Å². The highest BCUT2D eigenvalue weighted by Gasteiger charge is 2.23. The van der Waals surface area contributed by atoms with Crippen molar-refractivity contribution in [2.45, 2.75) is 26.2 Å². The number of hydrogen-bond donors (Lipinski definition) is 2. The minimum absolute atomic E-state index is 0.0627. The minimum Gasteiger partial charge on any atom is -0.497 e. The molecule has 0 spiro atoms. The van der Waals surface area contributed by atoms with Gasteiger partial charge in [0.05, 0.1) is 17.7 Å². The molecule has 200 valence electrons. The third kappa shape index (κ3) is 5.65. The first-order valence-electron chi connectivity index (χ1n) is 12.5. The standard InChI is InChI=1S/C27H27N7O4S/c1-17-14-22-23(31-33(30-22)19-7-9-20(38-2)10-8-19)16-21(17)28-27(39)29-26(35)18-6-11-24(25(15-18)34(36)37)32-12-4-3-5-13-32/h6-11,14-16H,3-5,12-13H2,1-2H3,(H2,28,29,35,39). The molecule has 1 aliphatic rings. The van der Waals surface area contributed by atoms with Crippen molar-refractivity contribution in [3.05, 3.63) is 75.8 Å². The Balaban J connectivity index is 1.30. The number of carbonyl (C=O) groups is 1. The average molecular weight is 546 g/mol. The molecule has 1 aromatic heterocycles. The summed E-state index contributed by atoms with van der Waals surface area (Å²) in [7, 11) is 1.61. The third-order valence-electron chi connectivity index (χ3n) is 6.64. The van der Waals surface area contributed by atoms with Crippen molar-refractivity contribution < 1.29 is 14.5 Å². The Morgan fingerprint density at radius 1 is 1.03 bits per heavy atom. The smallest absolute Gasteiger partial charge is 0.293 e. The molecule has 12 heteroatoms. The van der Waals surface area contributed by atoms with Gasteiger partial charge in [0, 0.05) is 30.4 Å². The molecular formula is C27H27N7O4S. The first-order chi connectivity index (χ1) is 18.8. The Kier molecular flexibility index (Phi) is 7.37. The van der Waals surface area contributed by atoms with Crippen molar-refractivity contribution in [1.82, 2.24) is 20.3 Å². The van der Waals surface area contributed by atoms with E-state index in [4.69, 9.17) is 17.0 Å². The summed E-state index contributed by atoms with van der Waals surface area (Å²) in [5.74, 6) is 0.200. The van der Waals surface area contributed by atoms with Crippen molar-refractivity contribution in [2.75, 3.05) is 30.4 Å². The number of nitrogens with zero attached hydrogens (tertiary/aromatic N) is 5. The van der Waals surface area contributed by atoms with Gasteiger partial charge in [0.2, 0.25) is 0 Å². The van der Waals surface area contributed by atoms with Crippen LogP contribution in [0.4, 0.5) is 17.1 Å². The van der Waals surface area contributed by atoms with Crippen LogP contribution in [0.15, 0.2) is 54.6 Å². The lowest BCUT2D eigenvalue weighted by atomic mass is 10.1. The number of benzene rings is 3. The van der Waals surface area contributed by atoms with Crippen LogP contribution >= 0.6 is 12.2 Å². The largest absolute Gasteiger partial charge is 0.497 e. The first-order valence-corrected chi connectivity index (χ1v) is 12.9. The molecule has 2 heterocycles. The Labute approximate surface area is 229 Å². The summed E-state index contributed by atoms with van der Waals surface area (Å²) in [5.41, 5.74) is 4.21. The second kappa shape index (κ2) is 11.0. The molecular weight excluding hydrogens is 518 g/mol. The van der Waals surface area contributed by atoms with Gasteiger partial charge in [-0.2, -0.15) is 4.80 Å². The van der Waals surface area contributed by atoms with Gasteiger partial charge in [-0.05, 0) is 92.5 Å². The molecule has 1 amide bonds. The third-order valence-corrected chi connectivity index (χ3v) is 6.84. The molecule has 0 saturated carbocycles. The van der Waals surface area contributed by atoms with Crippen LogP contribution in [0.3, 0.4) is 0 Å². The fourth-order valence-corrected chi connectivity index (χ4v) is 4.78. The van der Waals surface area contributed by atoms with Gasteiger partial charge in [0.1, 0.15) is 22.5 Å². The quantitative estimate of drug-likeness (QED) is 0.200. The number of fused-ring (bicyclic) bond motifs is 1. The van der Waals surface area contributed by atoms with E-state index in [0.29, 0.717) is 22.4 Å². The summed E-state index contributed by atoms with van der Waals surface area (Å²) in [5, 5.41) is 26.6. The van der Waals surface area contributed by atoms with E-state index in [2.05, 4.69) is 20.8 Å². The number of piperidine rings is 1. The minimum atomic E-state index is -0.537. The average Bonchev–Trinajstić information content (AvgIpc) is 3.36. The van der Waals surface area contributed by atoms with E-state index in [9.17, 15) is 14.9 Å². The number of nitro groups is 1. The molecule has 11 nitrogen and oxygen atoms in total. The molecule has 4 aromatic rings. The number of thiocarbonyl (C=S) groups is 1. The number of carbonyl (C=O) groups excluding carboxylic acids is 1. The number of rotatable bonds is 6. The molecule has 3 aromatic carbocycles. The maximum absolute atomic E-state index is 12.9. The molecule has 2 N–H and O–H groups in total. The number of ether oxygens (including phenoxy) is 1. The van der Waals surface area contributed by atoms with Crippen molar-refractivity contribution >= 4 is 51.3 Å². The van der Waals surface area contributed by atoms with E-state index in [1.807, 2.05) is 42.2 Å². The number of amides is 1. The SMILES string of the molecule is COc1ccc(-n2nc3cc(C)c(NC(=S)NC(=O)c4ccc(N5CCCCC5)c([N+](=O)[O-])c4)cc3n2)cc1. The molecule has 5 rings (SSSR count). The summed E-state index contributed by atoms with van der Waals surface area (Å²) < 4.78 is 5.20.